The molecule has 0 radical (unpaired) electrons. The van der Waals surface area contributed by atoms with Crippen LogP contribution in [0.15, 0.2) is 70.6 Å². The number of carbonyl (C=O) groups excluding carboxylic acids is 2. The monoisotopic (exact) mass is 479 g/mol. The molecule has 33 heavy (non-hydrogen) atoms. The fourth-order valence-corrected chi connectivity index (χ4v) is 5.11. The average Bonchev–Trinajstić information content (AvgIpc) is 3.27. The maximum Gasteiger partial charge on any atom is 0.339 e. The number of hydrogen-bond donors (Lipinski definition) is 1. The molecule has 2 aromatic carbocycles. The van der Waals surface area contributed by atoms with E-state index < -0.39 is 5.97 Å². The van der Waals surface area contributed by atoms with Crippen molar-refractivity contribution < 1.29 is 14.3 Å². The number of fused-ring (bicyclic) bond motifs is 1. The van der Waals surface area contributed by atoms with Crippen molar-refractivity contribution in [1.82, 2.24) is 9.55 Å². The number of methoxy groups -OCH3 is 1. The number of thiophene rings is 1. The normalized spacial score (nSPS) is 10.8. The van der Waals surface area contributed by atoms with E-state index in [2.05, 4.69) is 5.32 Å². The lowest BCUT2D eigenvalue weighted by Gasteiger charge is -2.12. The van der Waals surface area contributed by atoms with E-state index in [1.54, 1.807) is 24.3 Å². The van der Waals surface area contributed by atoms with Crippen molar-refractivity contribution in [3.63, 3.8) is 0 Å². The highest BCUT2D eigenvalue weighted by Crippen LogP contribution is 2.27. The summed E-state index contributed by atoms with van der Waals surface area (Å²) in [6.45, 7) is 2.03. The highest BCUT2D eigenvalue weighted by molar-refractivity contribution is 7.99. The molecule has 2 aromatic heterocycles. The van der Waals surface area contributed by atoms with Crippen LogP contribution in [0.2, 0.25) is 0 Å². The van der Waals surface area contributed by atoms with E-state index in [4.69, 9.17) is 9.72 Å². The number of anilines is 1. The van der Waals surface area contributed by atoms with Crippen molar-refractivity contribution >= 4 is 50.9 Å². The number of para-hydroxylation sites is 2. The Balaban J connectivity index is 1.64. The first-order valence-electron chi connectivity index (χ1n) is 10.2. The highest BCUT2D eigenvalue weighted by Gasteiger charge is 2.18. The Morgan fingerprint density at radius 3 is 2.58 bits per heavy atom. The Kier molecular flexibility index (Phi) is 6.90. The largest absolute Gasteiger partial charge is 0.465 e. The molecule has 4 rings (SSSR count). The standard InChI is InChI=1S/C24H21N3O4S2/c1-3-16-13-18-21(33-16)26-24(27(22(18)29)15-9-5-4-6-10-15)32-14-20(28)25-19-12-8-7-11-17(19)23(30)31-2/h4-13H,3,14H2,1-2H3,(H,25,28). The van der Waals surface area contributed by atoms with Crippen molar-refractivity contribution in [1.29, 1.82) is 0 Å². The van der Waals surface area contributed by atoms with E-state index in [1.807, 2.05) is 43.3 Å². The van der Waals surface area contributed by atoms with Gasteiger partial charge in [0.15, 0.2) is 5.16 Å². The quantitative estimate of drug-likeness (QED) is 0.238. The first-order chi connectivity index (χ1) is 16.0. The summed E-state index contributed by atoms with van der Waals surface area (Å²) < 4.78 is 6.31. The van der Waals surface area contributed by atoms with Crippen molar-refractivity contribution in [2.24, 2.45) is 0 Å². The molecule has 0 saturated carbocycles. The third-order valence-corrected chi connectivity index (χ3v) is 7.00. The Hall–Kier alpha value is -3.43. The molecule has 9 heteroatoms. The molecule has 4 aromatic rings. The van der Waals surface area contributed by atoms with Gasteiger partial charge in [0, 0.05) is 4.88 Å². The molecule has 1 amide bonds. The molecule has 0 atom stereocenters. The number of benzene rings is 2. The van der Waals surface area contributed by atoms with E-state index in [-0.39, 0.29) is 22.8 Å². The van der Waals surface area contributed by atoms with E-state index in [1.165, 1.54) is 34.8 Å². The lowest BCUT2D eigenvalue weighted by atomic mass is 10.2. The van der Waals surface area contributed by atoms with Crippen LogP contribution in [0.25, 0.3) is 15.9 Å². The SMILES string of the molecule is CCc1cc2c(=O)n(-c3ccccc3)c(SCC(=O)Nc3ccccc3C(=O)OC)nc2s1. The Morgan fingerprint density at radius 2 is 1.85 bits per heavy atom. The minimum atomic E-state index is -0.534. The molecule has 0 aliphatic rings. The number of nitrogens with zero attached hydrogens (tertiary/aromatic N) is 2. The molecule has 0 fully saturated rings. The summed E-state index contributed by atoms with van der Waals surface area (Å²) in [5.41, 5.74) is 1.15. The van der Waals surface area contributed by atoms with Gasteiger partial charge < -0.3 is 10.1 Å². The number of thioether (sulfide) groups is 1. The molecule has 0 unspecified atom stereocenters. The smallest absolute Gasteiger partial charge is 0.339 e. The van der Waals surface area contributed by atoms with Crippen molar-refractivity contribution in [3.05, 3.63) is 81.5 Å². The number of hydrogen-bond acceptors (Lipinski definition) is 7. The van der Waals surface area contributed by atoms with Crippen LogP contribution in [0.4, 0.5) is 5.69 Å². The first-order valence-corrected chi connectivity index (χ1v) is 12.0. The summed E-state index contributed by atoms with van der Waals surface area (Å²) in [4.78, 5) is 44.4. The molecule has 0 bridgehead atoms. The van der Waals surface area contributed by atoms with Crippen LogP contribution in [0.1, 0.15) is 22.2 Å². The minimum absolute atomic E-state index is 0.00625. The van der Waals surface area contributed by atoms with Gasteiger partial charge in [0.2, 0.25) is 5.91 Å². The van der Waals surface area contributed by atoms with Gasteiger partial charge in [-0.1, -0.05) is 49.0 Å². The number of carbonyl (C=O) groups is 2. The van der Waals surface area contributed by atoms with Crippen LogP contribution in [-0.2, 0) is 16.0 Å². The molecule has 0 spiro atoms. The van der Waals surface area contributed by atoms with Crippen LogP contribution in [0, 0.1) is 0 Å². The number of ether oxygens (including phenoxy) is 1. The van der Waals surface area contributed by atoms with Gasteiger partial charge in [0.1, 0.15) is 4.83 Å². The summed E-state index contributed by atoms with van der Waals surface area (Å²) in [5, 5.41) is 3.75. The zero-order valence-electron chi connectivity index (χ0n) is 18.0. The third-order valence-electron chi connectivity index (χ3n) is 4.89. The van der Waals surface area contributed by atoms with Crippen LogP contribution in [0.5, 0.6) is 0 Å². The van der Waals surface area contributed by atoms with Crippen LogP contribution >= 0.6 is 23.1 Å². The van der Waals surface area contributed by atoms with Gasteiger partial charge in [-0.2, -0.15) is 0 Å². The lowest BCUT2D eigenvalue weighted by Crippen LogP contribution is -2.22. The number of esters is 1. The topological polar surface area (TPSA) is 90.3 Å². The lowest BCUT2D eigenvalue weighted by molar-refractivity contribution is -0.113. The van der Waals surface area contributed by atoms with Gasteiger partial charge in [-0.15, -0.1) is 11.3 Å². The van der Waals surface area contributed by atoms with Gasteiger partial charge in [0.05, 0.1) is 35.2 Å². The third kappa shape index (κ3) is 4.84. The Morgan fingerprint density at radius 1 is 1.12 bits per heavy atom. The van der Waals surface area contributed by atoms with E-state index >= 15 is 0 Å². The molecule has 0 aliphatic heterocycles. The molecule has 0 aliphatic carbocycles. The average molecular weight is 480 g/mol. The van der Waals surface area contributed by atoms with Crippen LogP contribution in [0.3, 0.4) is 0 Å². The zero-order valence-corrected chi connectivity index (χ0v) is 19.7. The second-order valence-corrected chi connectivity index (χ2v) is 9.09. The van der Waals surface area contributed by atoms with Gasteiger partial charge in [-0.05, 0) is 36.8 Å². The second kappa shape index (κ2) is 10.0. The van der Waals surface area contributed by atoms with Crippen LogP contribution in [-0.4, -0.2) is 34.3 Å². The van der Waals surface area contributed by atoms with Gasteiger partial charge in [-0.25, -0.2) is 9.78 Å². The summed E-state index contributed by atoms with van der Waals surface area (Å²) in [6, 6.07) is 17.8. The van der Waals surface area contributed by atoms with Gasteiger partial charge in [-0.3, -0.25) is 14.2 Å². The van der Waals surface area contributed by atoms with Crippen molar-refractivity contribution in [2.45, 2.75) is 18.5 Å². The van der Waals surface area contributed by atoms with E-state index in [9.17, 15) is 14.4 Å². The predicted molar refractivity (Wildman–Crippen MR) is 132 cm³/mol. The number of amides is 1. The molecule has 1 N–H and O–H groups in total. The van der Waals surface area contributed by atoms with Crippen molar-refractivity contribution in [2.75, 3.05) is 18.2 Å². The molecule has 168 valence electrons. The Labute approximate surface area is 198 Å². The fourth-order valence-electron chi connectivity index (χ4n) is 3.28. The number of nitrogens with one attached hydrogen (secondary N) is 1. The number of aryl methyl sites for hydroxylation is 1. The minimum Gasteiger partial charge on any atom is -0.465 e. The van der Waals surface area contributed by atoms with Gasteiger partial charge in [0.25, 0.3) is 5.56 Å². The summed E-state index contributed by atoms with van der Waals surface area (Å²) >= 11 is 2.65. The molecule has 2 heterocycles. The number of rotatable bonds is 7. The van der Waals surface area contributed by atoms with E-state index in [0.29, 0.717) is 26.7 Å². The summed E-state index contributed by atoms with van der Waals surface area (Å²) in [7, 11) is 1.29. The van der Waals surface area contributed by atoms with Gasteiger partial charge >= 0.3 is 5.97 Å². The fraction of sp³-hybridized carbons (Fsp3) is 0.167. The molecular weight excluding hydrogens is 458 g/mol. The molecule has 0 saturated heterocycles. The maximum absolute atomic E-state index is 13.3. The highest BCUT2D eigenvalue weighted by atomic mass is 32.2. The number of aromatic nitrogens is 2. The second-order valence-electron chi connectivity index (χ2n) is 7.03. The molecule has 7 nitrogen and oxygen atoms in total. The first kappa shape index (κ1) is 22.8. The Bertz CT molecular complexity index is 1380. The zero-order chi connectivity index (χ0) is 23.4. The maximum atomic E-state index is 13.3. The van der Waals surface area contributed by atoms with Crippen LogP contribution < -0.4 is 10.9 Å². The van der Waals surface area contributed by atoms with E-state index in [0.717, 1.165) is 11.3 Å². The summed E-state index contributed by atoms with van der Waals surface area (Å²) in [5.74, 6) is -0.856. The predicted octanol–water partition coefficient (Wildman–Crippen LogP) is 4.53. The van der Waals surface area contributed by atoms with Crippen molar-refractivity contribution in [3.8, 4) is 5.69 Å². The summed E-state index contributed by atoms with van der Waals surface area (Å²) in [6.07, 6.45) is 0.816. The molecular formula is C24H21N3O4S2.